The zero-order valence-electron chi connectivity index (χ0n) is 5.66. The van der Waals surface area contributed by atoms with Crippen LogP contribution < -0.4 is 0 Å². The van der Waals surface area contributed by atoms with Crippen molar-refractivity contribution in [3.63, 3.8) is 0 Å². The van der Waals surface area contributed by atoms with Crippen LogP contribution in [0.25, 0.3) is 0 Å². The molecular weight excluding hydrogens is 151 g/mol. The van der Waals surface area contributed by atoms with Gasteiger partial charge in [-0.15, -0.1) is 9.05 Å². The maximum atomic E-state index is 10.8. The first-order chi connectivity index (χ1) is 4.84. The molecule has 2 fully saturated rings. The molecule has 0 bridgehead atoms. The van der Waals surface area contributed by atoms with Gasteiger partial charge in [-0.2, -0.15) is 0 Å². The molecule has 3 nitrogen and oxygen atoms in total. The Balaban J connectivity index is 1.64. The Bertz CT molecular complexity index is 135. The van der Waals surface area contributed by atoms with E-state index < -0.39 is 8.25 Å². The van der Waals surface area contributed by atoms with E-state index in [0.29, 0.717) is 0 Å². The first kappa shape index (κ1) is 6.71. The molecule has 0 amide bonds. The van der Waals surface area contributed by atoms with Crippen molar-refractivity contribution in [2.45, 2.75) is 37.9 Å². The molecule has 0 radical (unpaired) electrons. The Morgan fingerprint density at radius 1 is 1.00 bits per heavy atom. The highest BCUT2D eigenvalue weighted by molar-refractivity contribution is 7.33. The second-order valence-electron chi connectivity index (χ2n) is 2.83. The van der Waals surface area contributed by atoms with Gasteiger partial charge in [0.05, 0.1) is 0 Å². The Labute approximate surface area is 60.7 Å². The van der Waals surface area contributed by atoms with Gasteiger partial charge in [0.1, 0.15) is 12.2 Å². The van der Waals surface area contributed by atoms with Crippen molar-refractivity contribution in [1.82, 2.24) is 0 Å². The van der Waals surface area contributed by atoms with Crippen LogP contribution in [0.5, 0.6) is 0 Å². The van der Waals surface area contributed by atoms with Gasteiger partial charge >= 0.3 is 8.25 Å². The average Bonchev–Trinajstić information content (AvgIpc) is 2.59. The normalized spacial score (nSPS) is 24.8. The highest BCUT2D eigenvalue weighted by Crippen LogP contribution is 2.41. The summed E-state index contributed by atoms with van der Waals surface area (Å²) in [5.74, 6) is 0. The Morgan fingerprint density at radius 2 is 1.40 bits per heavy atom. The summed E-state index contributed by atoms with van der Waals surface area (Å²) in [5, 5.41) is 0. The summed E-state index contributed by atoms with van der Waals surface area (Å²) in [4.78, 5) is 0. The molecule has 0 aromatic carbocycles. The SMILES string of the molecule is O=[P+](OC1CC1)OC1CC1. The average molecular weight is 161 g/mol. The van der Waals surface area contributed by atoms with Crippen molar-refractivity contribution in [2.24, 2.45) is 0 Å². The topological polar surface area (TPSA) is 35.5 Å². The molecule has 0 aliphatic heterocycles. The quantitative estimate of drug-likeness (QED) is 0.591. The van der Waals surface area contributed by atoms with E-state index in [1.165, 1.54) is 0 Å². The van der Waals surface area contributed by atoms with E-state index in [1.807, 2.05) is 0 Å². The Kier molecular flexibility index (Phi) is 1.73. The van der Waals surface area contributed by atoms with E-state index in [2.05, 4.69) is 0 Å². The van der Waals surface area contributed by atoms with Crippen LogP contribution in [0.15, 0.2) is 0 Å². The minimum atomic E-state index is -1.78. The lowest BCUT2D eigenvalue weighted by Gasteiger charge is -1.82. The molecule has 0 saturated heterocycles. The zero-order chi connectivity index (χ0) is 6.97. The van der Waals surface area contributed by atoms with Crippen LogP contribution >= 0.6 is 8.25 Å². The highest BCUT2D eigenvalue weighted by Gasteiger charge is 2.40. The van der Waals surface area contributed by atoms with Gasteiger partial charge in [0.15, 0.2) is 0 Å². The fourth-order valence-corrected chi connectivity index (χ4v) is 1.57. The van der Waals surface area contributed by atoms with Crippen molar-refractivity contribution >= 4 is 8.25 Å². The summed E-state index contributed by atoms with van der Waals surface area (Å²) in [5.41, 5.74) is 0. The summed E-state index contributed by atoms with van der Waals surface area (Å²) in [6.07, 6.45) is 4.68. The van der Waals surface area contributed by atoms with Gasteiger partial charge in [-0.05, 0) is 25.7 Å². The minimum absolute atomic E-state index is 0.238. The standard InChI is InChI=1S/C6H10O3P/c7-10(8-5-1-2-5)9-6-3-4-6/h5-6H,1-4H2/q+1. The molecule has 0 spiro atoms. The smallest absolute Gasteiger partial charge is 0.116 e. The maximum absolute atomic E-state index is 10.8. The third-order valence-corrected chi connectivity index (χ3v) is 2.46. The van der Waals surface area contributed by atoms with Gasteiger partial charge in [-0.3, -0.25) is 0 Å². The molecule has 0 N–H and O–H groups in total. The molecular formula is C6H10O3P+. The summed E-state index contributed by atoms with van der Waals surface area (Å²) in [7, 11) is -1.78. The second-order valence-corrected chi connectivity index (χ2v) is 3.70. The van der Waals surface area contributed by atoms with Crippen molar-refractivity contribution in [3.05, 3.63) is 0 Å². The number of rotatable bonds is 4. The molecule has 2 rings (SSSR count). The number of hydrogen-bond acceptors (Lipinski definition) is 3. The van der Waals surface area contributed by atoms with Crippen LogP contribution in [0, 0.1) is 0 Å². The molecule has 2 aliphatic carbocycles. The summed E-state index contributed by atoms with van der Waals surface area (Å²) >= 11 is 0. The van der Waals surface area contributed by atoms with Gasteiger partial charge in [0.25, 0.3) is 0 Å². The lowest BCUT2D eigenvalue weighted by atomic mass is 10.9. The van der Waals surface area contributed by atoms with Gasteiger partial charge in [-0.1, -0.05) is 0 Å². The number of hydrogen-bond donors (Lipinski definition) is 0. The van der Waals surface area contributed by atoms with Gasteiger partial charge in [0, 0.05) is 4.57 Å². The van der Waals surface area contributed by atoms with Gasteiger partial charge in [-0.25, -0.2) is 0 Å². The van der Waals surface area contributed by atoms with Crippen LogP contribution in [0.3, 0.4) is 0 Å². The minimum Gasteiger partial charge on any atom is -0.116 e. The molecule has 0 atom stereocenters. The van der Waals surface area contributed by atoms with E-state index in [4.69, 9.17) is 9.05 Å². The van der Waals surface area contributed by atoms with Crippen LogP contribution in [-0.2, 0) is 13.6 Å². The van der Waals surface area contributed by atoms with Crippen molar-refractivity contribution in [1.29, 1.82) is 0 Å². The van der Waals surface area contributed by atoms with Gasteiger partial charge in [0.2, 0.25) is 0 Å². The molecule has 0 unspecified atom stereocenters. The Morgan fingerprint density at radius 3 is 1.70 bits per heavy atom. The summed E-state index contributed by atoms with van der Waals surface area (Å²) < 4.78 is 20.8. The molecule has 56 valence electrons. The van der Waals surface area contributed by atoms with Gasteiger partial charge < -0.3 is 0 Å². The summed E-state index contributed by atoms with van der Waals surface area (Å²) in [6, 6.07) is 0. The summed E-state index contributed by atoms with van der Waals surface area (Å²) in [6.45, 7) is 0. The molecule has 0 heterocycles. The lowest BCUT2D eigenvalue weighted by molar-refractivity contribution is 0.211. The van der Waals surface area contributed by atoms with E-state index in [-0.39, 0.29) is 12.2 Å². The predicted octanol–water partition coefficient (Wildman–Crippen LogP) is 2.00. The lowest BCUT2D eigenvalue weighted by Crippen LogP contribution is -1.87. The third kappa shape index (κ3) is 2.01. The van der Waals surface area contributed by atoms with Crippen molar-refractivity contribution in [3.8, 4) is 0 Å². The second kappa shape index (κ2) is 2.57. The molecule has 10 heavy (non-hydrogen) atoms. The van der Waals surface area contributed by atoms with Crippen LogP contribution in [0.4, 0.5) is 0 Å². The monoisotopic (exact) mass is 161 g/mol. The zero-order valence-corrected chi connectivity index (χ0v) is 6.55. The molecule has 0 aromatic rings. The van der Waals surface area contributed by atoms with Crippen LogP contribution in [0.2, 0.25) is 0 Å². The van der Waals surface area contributed by atoms with Crippen LogP contribution in [-0.4, -0.2) is 12.2 Å². The van der Waals surface area contributed by atoms with E-state index >= 15 is 0 Å². The van der Waals surface area contributed by atoms with Crippen molar-refractivity contribution < 1.29 is 13.6 Å². The largest absolute Gasteiger partial charge is 0.697 e. The highest BCUT2D eigenvalue weighted by atomic mass is 31.1. The maximum Gasteiger partial charge on any atom is 0.697 e. The van der Waals surface area contributed by atoms with E-state index in [0.717, 1.165) is 25.7 Å². The van der Waals surface area contributed by atoms with E-state index in [9.17, 15) is 4.57 Å². The Hall–Kier alpha value is 0.0200. The van der Waals surface area contributed by atoms with Crippen molar-refractivity contribution in [2.75, 3.05) is 0 Å². The van der Waals surface area contributed by atoms with Crippen LogP contribution in [0.1, 0.15) is 25.7 Å². The molecule has 4 heteroatoms. The third-order valence-electron chi connectivity index (χ3n) is 1.52. The fourth-order valence-electron chi connectivity index (χ4n) is 0.615. The first-order valence-corrected chi connectivity index (χ1v) is 4.75. The molecule has 2 saturated carbocycles. The first-order valence-electron chi connectivity index (χ1n) is 3.65. The fraction of sp³-hybridized carbons (Fsp3) is 1.00. The molecule has 2 aliphatic rings. The predicted molar refractivity (Wildman–Crippen MR) is 35.8 cm³/mol. The molecule has 0 aromatic heterocycles. The van der Waals surface area contributed by atoms with E-state index in [1.54, 1.807) is 0 Å².